The Morgan fingerprint density at radius 1 is 0.857 bits per heavy atom. The minimum absolute atomic E-state index is 0.162. The summed E-state index contributed by atoms with van der Waals surface area (Å²) in [4.78, 5) is 18.5. The highest BCUT2D eigenvalue weighted by Gasteiger charge is 2.39. The summed E-state index contributed by atoms with van der Waals surface area (Å²) in [6.45, 7) is 1.10. The lowest BCUT2D eigenvalue weighted by atomic mass is 10.1. The van der Waals surface area contributed by atoms with Crippen LogP contribution in [0.15, 0.2) is 24.4 Å². The van der Waals surface area contributed by atoms with Gasteiger partial charge in [-0.1, -0.05) is 0 Å². The average Bonchev–Trinajstić information content (AvgIpc) is 2.51. The first kappa shape index (κ1) is 21.4. The van der Waals surface area contributed by atoms with Crippen molar-refractivity contribution in [1.82, 2.24) is 9.97 Å². The van der Waals surface area contributed by atoms with Gasteiger partial charge in [0, 0.05) is 11.9 Å². The molecule has 1 aromatic carbocycles. The van der Waals surface area contributed by atoms with Gasteiger partial charge in [-0.25, -0.2) is 9.97 Å². The molecule has 0 atom stereocenters. The summed E-state index contributed by atoms with van der Waals surface area (Å²) in [6.07, 6.45) is -15.0. The molecule has 13 heteroatoms. The minimum Gasteiger partial charge on any atom is -0.322 e. The maximum absolute atomic E-state index is 13.0. The first-order chi connectivity index (χ1) is 12.6. The summed E-state index contributed by atoms with van der Waals surface area (Å²) in [7, 11) is 0. The Morgan fingerprint density at radius 3 is 1.79 bits per heavy atom. The Bertz CT molecular complexity index is 869. The molecule has 0 fully saturated rings. The normalized spacial score (nSPS) is 12.8. The summed E-state index contributed by atoms with van der Waals surface area (Å²) in [5, 5.41) is 1.60. The van der Waals surface area contributed by atoms with Crippen molar-refractivity contribution in [3.63, 3.8) is 0 Å². The van der Waals surface area contributed by atoms with Crippen molar-refractivity contribution in [3.8, 4) is 0 Å². The Morgan fingerprint density at radius 2 is 1.36 bits per heavy atom. The van der Waals surface area contributed by atoms with Gasteiger partial charge in [0.25, 0.3) is 5.91 Å². The maximum atomic E-state index is 13.0. The Kier molecular flexibility index (Phi) is 5.32. The summed E-state index contributed by atoms with van der Waals surface area (Å²) >= 11 is 0. The van der Waals surface area contributed by atoms with Crippen LogP contribution in [0.1, 0.15) is 33.0 Å². The van der Waals surface area contributed by atoms with Crippen molar-refractivity contribution in [3.05, 3.63) is 52.6 Å². The number of carbonyl (C=O) groups excluding carboxylic acids is 1. The van der Waals surface area contributed by atoms with E-state index < -0.39 is 52.5 Å². The highest BCUT2D eigenvalue weighted by molar-refractivity contribution is 6.05. The van der Waals surface area contributed by atoms with Gasteiger partial charge < -0.3 is 5.32 Å². The zero-order chi connectivity index (χ0) is 21.5. The zero-order valence-electron chi connectivity index (χ0n) is 13.5. The largest absolute Gasteiger partial charge is 0.434 e. The van der Waals surface area contributed by atoms with Crippen LogP contribution in [0.2, 0.25) is 0 Å². The number of hydrogen-bond donors (Lipinski definition) is 1. The van der Waals surface area contributed by atoms with E-state index in [1.807, 2.05) is 0 Å². The zero-order valence-corrected chi connectivity index (χ0v) is 13.5. The Labute approximate surface area is 150 Å². The van der Waals surface area contributed by atoms with Crippen molar-refractivity contribution in [1.29, 1.82) is 0 Å². The standard InChI is InChI=1S/C15H8F9N3O/c1-6-25-5-10(11(26-6)15(22,23)24)12(28)27-9-3-7(13(16,17)18)2-8(4-9)14(19,20)21/h2-5H,1H3,(H,27,28). The van der Waals surface area contributed by atoms with Crippen LogP contribution >= 0.6 is 0 Å². The summed E-state index contributed by atoms with van der Waals surface area (Å²) in [6, 6.07) is 0.136. The summed E-state index contributed by atoms with van der Waals surface area (Å²) in [5.74, 6) is -1.97. The van der Waals surface area contributed by atoms with E-state index in [-0.39, 0.29) is 24.0 Å². The smallest absolute Gasteiger partial charge is 0.322 e. The third kappa shape index (κ3) is 4.89. The predicted molar refractivity (Wildman–Crippen MR) is 76.2 cm³/mol. The van der Waals surface area contributed by atoms with E-state index in [9.17, 15) is 44.3 Å². The second-order valence-corrected chi connectivity index (χ2v) is 5.43. The molecule has 1 aromatic heterocycles. The maximum Gasteiger partial charge on any atom is 0.434 e. The number of anilines is 1. The molecule has 0 bridgehead atoms. The molecule has 0 aliphatic rings. The molecule has 2 aromatic rings. The second kappa shape index (κ2) is 6.95. The van der Waals surface area contributed by atoms with Crippen molar-refractivity contribution < 1.29 is 44.3 Å². The van der Waals surface area contributed by atoms with Gasteiger partial charge in [-0.05, 0) is 25.1 Å². The van der Waals surface area contributed by atoms with E-state index >= 15 is 0 Å². The van der Waals surface area contributed by atoms with Gasteiger partial charge in [0.15, 0.2) is 5.69 Å². The Balaban J connectivity index is 2.50. The highest BCUT2D eigenvalue weighted by atomic mass is 19.4. The fourth-order valence-corrected chi connectivity index (χ4v) is 2.08. The summed E-state index contributed by atoms with van der Waals surface area (Å²) < 4.78 is 116. The fourth-order valence-electron chi connectivity index (χ4n) is 2.08. The number of carbonyl (C=O) groups is 1. The first-order valence-electron chi connectivity index (χ1n) is 7.10. The lowest BCUT2D eigenvalue weighted by Crippen LogP contribution is -2.22. The number of aromatic nitrogens is 2. The van der Waals surface area contributed by atoms with Crippen molar-refractivity contribution in [2.75, 3.05) is 5.32 Å². The molecule has 2 rings (SSSR count). The molecule has 0 saturated heterocycles. The van der Waals surface area contributed by atoms with Gasteiger partial charge in [0.1, 0.15) is 5.82 Å². The monoisotopic (exact) mass is 417 g/mol. The number of aryl methyl sites for hydroxylation is 1. The van der Waals surface area contributed by atoms with Crippen LogP contribution < -0.4 is 5.32 Å². The summed E-state index contributed by atoms with van der Waals surface area (Å²) in [5.41, 5.74) is -7.33. The van der Waals surface area contributed by atoms with Crippen LogP contribution in [0.5, 0.6) is 0 Å². The Hall–Kier alpha value is -2.86. The van der Waals surface area contributed by atoms with Gasteiger partial charge in [-0.15, -0.1) is 0 Å². The van der Waals surface area contributed by atoms with Crippen LogP contribution in [0.4, 0.5) is 45.2 Å². The molecule has 1 heterocycles. The molecule has 152 valence electrons. The fraction of sp³-hybridized carbons (Fsp3) is 0.267. The molecule has 0 radical (unpaired) electrons. The first-order valence-corrected chi connectivity index (χ1v) is 7.10. The van der Waals surface area contributed by atoms with E-state index in [0.29, 0.717) is 6.20 Å². The molecule has 0 unspecified atom stereocenters. The number of hydrogen-bond acceptors (Lipinski definition) is 3. The van der Waals surface area contributed by atoms with E-state index in [4.69, 9.17) is 0 Å². The van der Waals surface area contributed by atoms with Crippen LogP contribution in [0.25, 0.3) is 0 Å². The minimum atomic E-state index is -5.19. The molecular weight excluding hydrogens is 409 g/mol. The molecule has 0 spiro atoms. The van der Waals surface area contributed by atoms with E-state index in [1.54, 1.807) is 5.32 Å². The number of alkyl halides is 9. The van der Waals surface area contributed by atoms with Crippen LogP contribution in [-0.2, 0) is 18.5 Å². The lowest BCUT2D eigenvalue weighted by molar-refractivity contribution is -0.143. The average molecular weight is 417 g/mol. The van der Waals surface area contributed by atoms with Crippen LogP contribution in [-0.4, -0.2) is 15.9 Å². The number of rotatable bonds is 2. The number of halogens is 9. The SMILES string of the molecule is Cc1ncc(C(=O)Nc2cc(C(F)(F)F)cc(C(F)(F)F)c2)c(C(F)(F)F)n1. The van der Waals surface area contributed by atoms with E-state index in [0.717, 1.165) is 6.92 Å². The van der Waals surface area contributed by atoms with E-state index in [1.165, 1.54) is 0 Å². The third-order valence-corrected chi connectivity index (χ3v) is 3.27. The molecule has 4 nitrogen and oxygen atoms in total. The van der Waals surface area contributed by atoms with Crippen molar-refractivity contribution in [2.45, 2.75) is 25.5 Å². The molecule has 0 saturated carbocycles. The van der Waals surface area contributed by atoms with Gasteiger partial charge in [-0.2, -0.15) is 39.5 Å². The highest BCUT2D eigenvalue weighted by Crippen LogP contribution is 2.38. The predicted octanol–water partition coefficient (Wildman–Crippen LogP) is 5.09. The quantitative estimate of drug-likeness (QED) is 0.693. The molecular formula is C15H8F9N3O. The molecule has 28 heavy (non-hydrogen) atoms. The van der Waals surface area contributed by atoms with Gasteiger partial charge >= 0.3 is 18.5 Å². The molecule has 1 amide bonds. The molecule has 1 N–H and O–H groups in total. The molecule has 0 aliphatic carbocycles. The number of nitrogens with one attached hydrogen (secondary N) is 1. The number of nitrogens with zero attached hydrogens (tertiary/aromatic N) is 2. The second-order valence-electron chi connectivity index (χ2n) is 5.43. The van der Waals surface area contributed by atoms with Gasteiger partial charge in [0.2, 0.25) is 0 Å². The van der Waals surface area contributed by atoms with Crippen molar-refractivity contribution >= 4 is 11.6 Å². The van der Waals surface area contributed by atoms with Crippen LogP contribution in [0.3, 0.4) is 0 Å². The topological polar surface area (TPSA) is 54.9 Å². The van der Waals surface area contributed by atoms with E-state index in [2.05, 4.69) is 9.97 Å². The third-order valence-electron chi connectivity index (χ3n) is 3.27. The number of amides is 1. The molecule has 0 aliphatic heterocycles. The lowest BCUT2D eigenvalue weighted by Gasteiger charge is -2.16. The number of benzene rings is 1. The van der Waals surface area contributed by atoms with Gasteiger partial charge in [-0.3, -0.25) is 4.79 Å². The van der Waals surface area contributed by atoms with Gasteiger partial charge in [0.05, 0.1) is 16.7 Å². The van der Waals surface area contributed by atoms with Crippen molar-refractivity contribution in [2.24, 2.45) is 0 Å². The van der Waals surface area contributed by atoms with Crippen LogP contribution in [0, 0.1) is 6.92 Å².